The highest BCUT2D eigenvalue weighted by Gasteiger charge is 2.25. The molecule has 0 aromatic rings. The van der Waals surface area contributed by atoms with Crippen molar-refractivity contribution in [1.29, 1.82) is 0 Å². The molecule has 0 saturated heterocycles. The third kappa shape index (κ3) is 1.53. The van der Waals surface area contributed by atoms with Gasteiger partial charge < -0.3 is 10.2 Å². The van der Waals surface area contributed by atoms with Crippen LogP contribution in [-0.2, 0) is 9.59 Å². The van der Waals surface area contributed by atoms with Crippen LogP contribution in [-0.4, -0.2) is 26.6 Å². The van der Waals surface area contributed by atoms with Crippen LogP contribution >= 0.6 is 15.9 Å². The van der Waals surface area contributed by atoms with Gasteiger partial charge in [-0.2, -0.15) is 0 Å². The van der Waals surface area contributed by atoms with E-state index in [-0.39, 0.29) is 11.0 Å². The van der Waals surface area contributed by atoms with Gasteiger partial charge in [0, 0.05) is 0 Å². The van der Waals surface area contributed by atoms with E-state index in [1.165, 1.54) is 0 Å². The lowest BCUT2D eigenvalue weighted by Gasteiger charge is -2.07. The summed E-state index contributed by atoms with van der Waals surface area (Å²) in [4.78, 5) is 24.7. The minimum Gasteiger partial charge on any atom is -0.503 e. The molecular weight excluding hydrogens is 230 g/mol. The van der Waals surface area contributed by atoms with Crippen molar-refractivity contribution in [2.24, 2.45) is 4.99 Å². The summed E-state index contributed by atoms with van der Waals surface area (Å²) in [7, 11) is 0. The molecule has 0 atom stereocenters. The molecule has 2 N–H and O–H groups in total. The Bertz CT molecular complexity index is 318. The number of carboxylic acid groups (broad SMARTS) is 1. The topological polar surface area (TPSA) is 87.0 Å². The number of ketones is 1. The van der Waals surface area contributed by atoms with Crippen LogP contribution < -0.4 is 0 Å². The first-order chi connectivity index (χ1) is 5.52. The molecule has 0 unspecified atom stereocenters. The molecule has 12 heavy (non-hydrogen) atoms. The number of carbonyl (C=O) groups is 2. The Morgan fingerprint density at radius 3 is 2.67 bits per heavy atom. The quantitative estimate of drug-likeness (QED) is 0.695. The van der Waals surface area contributed by atoms with Gasteiger partial charge in [0.1, 0.15) is 0 Å². The molecular formula is C6H4BrNO4. The molecule has 0 aliphatic carbocycles. The predicted molar refractivity (Wildman–Crippen MR) is 43.3 cm³/mol. The maximum Gasteiger partial charge on any atom is 0.358 e. The number of halogens is 1. The molecule has 0 bridgehead atoms. The number of carboxylic acids is 1. The van der Waals surface area contributed by atoms with Gasteiger partial charge in [-0.05, 0) is 15.9 Å². The Balaban J connectivity index is 3.17. The fourth-order valence-electron chi connectivity index (χ4n) is 0.711. The Hall–Kier alpha value is -1.17. The van der Waals surface area contributed by atoms with Crippen molar-refractivity contribution in [2.75, 3.05) is 0 Å². The number of allylic oxidation sites excluding steroid dienone is 1. The van der Waals surface area contributed by atoms with E-state index in [1.54, 1.807) is 0 Å². The van der Waals surface area contributed by atoms with Gasteiger partial charge in [0.25, 0.3) is 0 Å². The number of aliphatic hydroxyl groups excluding tert-OH is 1. The molecule has 0 spiro atoms. The number of hydrogen-bond donors (Lipinski definition) is 2. The van der Waals surface area contributed by atoms with Crippen molar-refractivity contribution in [3.8, 4) is 0 Å². The largest absolute Gasteiger partial charge is 0.503 e. The van der Waals surface area contributed by atoms with E-state index in [4.69, 9.17) is 10.2 Å². The Labute approximate surface area is 75.5 Å². The molecule has 0 amide bonds. The summed E-state index contributed by atoms with van der Waals surface area (Å²) in [6, 6.07) is 0. The van der Waals surface area contributed by atoms with E-state index in [9.17, 15) is 9.59 Å². The van der Waals surface area contributed by atoms with Crippen LogP contribution in [0, 0.1) is 0 Å². The summed E-state index contributed by atoms with van der Waals surface area (Å²) >= 11 is 2.89. The number of Topliss-reactive ketones (excluding diaryl/α,β-unsaturated/α-hetero) is 1. The van der Waals surface area contributed by atoms with Crippen LogP contribution in [0.4, 0.5) is 0 Å². The van der Waals surface area contributed by atoms with Gasteiger partial charge in [0.2, 0.25) is 5.78 Å². The Morgan fingerprint density at radius 2 is 2.17 bits per heavy atom. The SMILES string of the molecule is O=C(O)C1=C(O)C(=O)CC(Br)=N1. The van der Waals surface area contributed by atoms with E-state index in [2.05, 4.69) is 20.9 Å². The summed E-state index contributed by atoms with van der Waals surface area (Å²) in [6.07, 6.45) is -0.0946. The molecule has 0 aromatic carbocycles. The highest BCUT2D eigenvalue weighted by Crippen LogP contribution is 2.16. The van der Waals surface area contributed by atoms with Crippen LogP contribution in [0.15, 0.2) is 16.4 Å². The van der Waals surface area contributed by atoms with Gasteiger partial charge in [-0.25, -0.2) is 9.79 Å². The van der Waals surface area contributed by atoms with Gasteiger partial charge >= 0.3 is 5.97 Å². The number of rotatable bonds is 1. The highest BCUT2D eigenvalue weighted by atomic mass is 79.9. The maximum absolute atomic E-state index is 10.8. The fourth-order valence-corrected chi connectivity index (χ4v) is 1.14. The van der Waals surface area contributed by atoms with Crippen LogP contribution in [0.25, 0.3) is 0 Å². The van der Waals surface area contributed by atoms with Crippen LogP contribution in [0.5, 0.6) is 0 Å². The summed E-state index contributed by atoms with van der Waals surface area (Å²) in [5.74, 6) is -2.85. The molecule has 0 aromatic heterocycles. The van der Waals surface area contributed by atoms with Crippen molar-refractivity contribution in [3.63, 3.8) is 0 Å². The normalized spacial score (nSPS) is 17.8. The molecule has 6 heteroatoms. The second-order valence-electron chi connectivity index (χ2n) is 2.09. The van der Waals surface area contributed by atoms with E-state index >= 15 is 0 Å². The number of aliphatic carboxylic acids is 1. The lowest BCUT2D eigenvalue weighted by atomic mass is 10.2. The molecule has 0 radical (unpaired) electrons. The smallest absolute Gasteiger partial charge is 0.358 e. The molecule has 1 heterocycles. The number of hydrogen-bond acceptors (Lipinski definition) is 4. The lowest BCUT2D eigenvalue weighted by molar-refractivity contribution is -0.133. The van der Waals surface area contributed by atoms with Gasteiger partial charge in [-0.15, -0.1) is 0 Å². The zero-order valence-electron chi connectivity index (χ0n) is 5.74. The van der Waals surface area contributed by atoms with Crippen molar-refractivity contribution in [2.45, 2.75) is 6.42 Å². The standard InChI is InChI=1S/C6H4BrNO4/c7-3-1-2(9)5(10)4(8-3)6(11)12/h10H,1H2,(H,11,12). The summed E-state index contributed by atoms with van der Waals surface area (Å²) < 4.78 is 0.211. The molecule has 1 aliphatic heterocycles. The van der Waals surface area contributed by atoms with E-state index in [0.29, 0.717) is 0 Å². The maximum atomic E-state index is 10.8. The minimum atomic E-state index is -1.42. The summed E-state index contributed by atoms with van der Waals surface area (Å²) in [6.45, 7) is 0. The Kier molecular flexibility index (Phi) is 2.27. The third-order valence-corrected chi connectivity index (χ3v) is 1.69. The van der Waals surface area contributed by atoms with Gasteiger partial charge in [-0.3, -0.25) is 4.79 Å². The molecule has 1 aliphatic rings. The van der Waals surface area contributed by atoms with Crippen molar-refractivity contribution in [1.82, 2.24) is 0 Å². The van der Waals surface area contributed by atoms with Crippen molar-refractivity contribution >= 4 is 32.3 Å². The molecule has 64 valence electrons. The minimum absolute atomic E-state index is 0.0946. The monoisotopic (exact) mass is 233 g/mol. The average Bonchev–Trinajstić information content (AvgIpc) is 1.96. The Morgan fingerprint density at radius 1 is 1.58 bits per heavy atom. The first-order valence-electron chi connectivity index (χ1n) is 2.95. The summed E-state index contributed by atoms with van der Waals surface area (Å²) in [5.41, 5.74) is -0.613. The van der Waals surface area contributed by atoms with E-state index in [0.717, 1.165) is 0 Å². The zero-order valence-corrected chi connectivity index (χ0v) is 7.33. The number of aliphatic imine (C=N–C) groups is 1. The first-order valence-corrected chi connectivity index (χ1v) is 3.74. The van der Waals surface area contributed by atoms with E-state index < -0.39 is 23.2 Å². The number of aliphatic hydroxyl groups is 1. The first kappa shape index (κ1) is 8.92. The zero-order chi connectivity index (χ0) is 9.30. The van der Waals surface area contributed by atoms with Crippen LogP contribution in [0.3, 0.4) is 0 Å². The van der Waals surface area contributed by atoms with Gasteiger partial charge in [0.05, 0.1) is 11.0 Å². The number of carbonyl (C=O) groups excluding carboxylic acids is 1. The molecule has 0 saturated carbocycles. The average molecular weight is 234 g/mol. The molecule has 5 nitrogen and oxygen atoms in total. The third-order valence-electron chi connectivity index (χ3n) is 1.23. The van der Waals surface area contributed by atoms with Crippen LogP contribution in [0.1, 0.15) is 6.42 Å². The highest BCUT2D eigenvalue weighted by molar-refractivity contribution is 9.18. The van der Waals surface area contributed by atoms with E-state index in [1.807, 2.05) is 0 Å². The van der Waals surface area contributed by atoms with Gasteiger partial charge in [0.15, 0.2) is 11.5 Å². The van der Waals surface area contributed by atoms with Crippen molar-refractivity contribution in [3.05, 3.63) is 11.5 Å². The molecule has 0 fully saturated rings. The predicted octanol–water partition coefficient (Wildman–Crippen LogP) is 0.607. The lowest BCUT2D eigenvalue weighted by Crippen LogP contribution is -2.17. The molecule has 1 rings (SSSR count). The fraction of sp³-hybridized carbons (Fsp3) is 0.167. The van der Waals surface area contributed by atoms with Gasteiger partial charge in [-0.1, -0.05) is 0 Å². The summed E-state index contributed by atoms with van der Waals surface area (Å²) in [5, 5.41) is 17.4. The second-order valence-corrected chi connectivity index (χ2v) is 3.01. The van der Waals surface area contributed by atoms with Crippen molar-refractivity contribution < 1.29 is 19.8 Å². The second kappa shape index (κ2) is 3.06. The van der Waals surface area contributed by atoms with Crippen LogP contribution in [0.2, 0.25) is 0 Å². The number of nitrogens with zero attached hydrogens (tertiary/aromatic N) is 1.